The van der Waals surface area contributed by atoms with E-state index in [4.69, 9.17) is 4.52 Å². The number of nitrogens with one attached hydrogen (secondary N) is 1. The molecule has 0 saturated heterocycles. The standard InChI is InChI=1S/C23H25FN6O5S/c1-14-8-16(28(3)26-14)11-30(23(13-24)6-7-23)36(33,34)18-4-5-20-19(10-18)21(31)29(22(32)25-20)12-17-9-15(2)27-35-17/h4-5,8-10H,6-7,11-13H2,1-3H3,(H,25,32). The fourth-order valence-corrected chi connectivity index (χ4v) is 6.17. The molecule has 11 nitrogen and oxygen atoms in total. The summed E-state index contributed by atoms with van der Waals surface area (Å²) >= 11 is 0. The Bertz CT molecular complexity index is 1700. The Labute approximate surface area is 205 Å². The molecule has 1 aliphatic rings. The maximum absolute atomic E-state index is 14.1. The molecule has 36 heavy (non-hydrogen) atoms. The van der Waals surface area contributed by atoms with E-state index in [2.05, 4.69) is 15.2 Å². The van der Waals surface area contributed by atoms with Gasteiger partial charge in [0.25, 0.3) is 5.56 Å². The number of aryl methyl sites for hydroxylation is 3. The van der Waals surface area contributed by atoms with Crippen LogP contribution in [-0.2, 0) is 30.2 Å². The third-order valence-electron chi connectivity index (χ3n) is 6.54. The summed E-state index contributed by atoms with van der Waals surface area (Å²) in [5.74, 6) is 0.305. The topological polar surface area (TPSA) is 136 Å². The molecule has 0 atom stereocenters. The molecule has 0 bridgehead atoms. The quantitative estimate of drug-likeness (QED) is 0.377. The smallest absolute Gasteiger partial charge is 0.329 e. The largest absolute Gasteiger partial charge is 0.359 e. The average Bonchev–Trinajstić information content (AvgIpc) is 3.40. The van der Waals surface area contributed by atoms with Gasteiger partial charge in [0.2, 0.25) is 10.0 Å². The maximum Gasteiger partial charge on any atom is 0.329 e. The zero-order valence-electron chi connectivity index (χ0n) is 20.0. The molecule has 13 heteroatoms. The molecule has 1 N–H and O–H groups in total. The lowest BCUT2D eigenvalue weighted by atomic mass is 10.2. The Morgan fingerprint density at radius 1 is 1.17 bits per heavy atom. The minimum Gasteiger partial charge on any atom is -0.359 e. The number of hydrogen-bond donors (Lipinski definition) is 1. The van der Waals surface area contributed by atoms with E-state index in [0.29, 0.717) is 35.7 Å². The number of nitrogens with zero attached hydrogens (tertiary/aromatic N) is 5. The third kappa shape index (κ3) is 4.07. The molecule has 1 aromatic carbocycles. The number of rotatable bonds is 8. The average molecular weight is 517 g/mol. The number of aromatic amines is 1. The van der Waals surface area contributed by atoms with Crippen molar-refractivity contribution >= 4 is 20.9 Å². The van der Waals surface area contributed by atoms with Gasteiger partial charge >= 0.3 is 5.69 Å². The molecule has 1 saturated carbocycles. The van der Waals surface area contributed by atoms with Crippen molar-refractivity contribution in [3.63, 3.8) is 0 Å². The van der Waals surface area contributed by atoms with Gasteiger partial charge in [-0.15, -0.1) is 0 Å². The van der Waals surface area contributed by atoms with Gasteiger partial charge < -0.3 is 9.51 Å². The molecule has 3 heterocycles. The summed E-state index contributed by atoms with van der Waals surface area (Å²) < 4.78 is 50.5. The summed E-state index contributed by atoms with van der Waals surface area (Å²) in [5.41, 5.74) is -0.372. The van der Waals surface area contributed by atoms with Crippen molar-refractivity contribution in [2.45, 2.75) is 50.2 Å². The molecular formula is C23H25FN6O5S. The number of aromatic nitrogens is 5. The van der Waals surface area contributed by atoms with Crippen molar-refractivity contribution in [2.75, 3.05) is 6.67 Å². The summed E-state index contributed by atoms with van der Waals surface area (Å²) in [5, 5.41) is 8.03. The lowest BCUT2D eigenvalue weighted by Crippen LogP contribution is -2.43. The first-order valence-electron chi connectivity index (χ1n) is 11.3. The number of H-pyrrole nitrogens is 1. The van der Waals surface area contributed by atoms with Crippen LogP contribution in [0.15, 0.2) is 49.3 Å². The molecule has 0 amide bonds. The van der Waals surface area contributed by atoms with Crippen LogP contribution in [0.25, 0.3) is 10.9 Å². The van der Waals surface area contributed by atoms with Crippen LogP contribution in [0.3, 0.4) is 0 Å². The molecule has 1 fully saturated rings. The molecule has 0 radical (unpaired) electrons. The first-order chi connectivity index (χ1) is 17.0. The van der Waals surface area contributed by atoms with Crippen LogP contribution in [0.1, 0.15) is 35.7 Å². The predicted octanol–water partition coefficient (Wildman–Crippen LogP) is 1.77. The fraction of sp³-hybridized carbons (Fsp3) is 0.391. The van der Waals surface area contributed by atoms with Gasteiger partial charge in [0.15, 0.2) is 5.76 Å². The highest BCUT2D eigenvalue weighted by molar-refractivity contribution is 7.89. The molecule has 5 rings (SSSR count). The zero-order valence-corrected chi connectivity index (χ0v) is 20.8. The number of fused-ring (bicyclic) bond motifs is 1. The highest BCUT2D eigenvalue weighted by Crippen LogP contribution is 2.46. The Kier molecular flexibility index (Phi) is 5.71. The van der Waals surface area contributed by atoms with E-state index >= 15 is 0 Å². The molecular weight excluding hydrogens is 491 g/mol. The van der Waals surface area contributed by atoms with Crippen molar-refractivity contribution in [3.05, 3.63) is 74.0 Å². The van der Waals surface area contributed by atoms with Crippen LogP contribution in [0.5, 0.6) is 0 Å². The Morgan fingerprint density at radius 3 is 2.50 bits per heavy atom. The number of alkyl halides is 1. The van der Waals surface area contributed by atoms with E-state index in [1.165, 1.54) is 22.5 Å². The second-order valence-electron chi connectivity index (χ2n) is 9.23. The van der Waals surface area contributed by atoms with Crippen LogP contribution in [0.2, 0.25) is 0 Å². The molecule has 190 valence electrons. The Balaban J connectivity index is 1.60. The van der Waals surface area contributed by atoms with Gasteiger partial charge in [-0.25, -0.2) is 17.6 Å². The van der Waals surface area contributed by atoms with Crippen molar-refractivity contribution in [1.82, 2.24) is 28.8 Å². The van der Waals surface area contributed by atoms with Crippen molar-refractivity contribution in [3.8, 4) is 0 Å². The van der Waals surface area contributed by atoms with Gasteiger partial charge in [-0.3, -0.25) is 14.0 Å². The fourth-order valence-electron chi connectivity index (χ4n) is 4.37. The maximum atomic E-state index is 14.1. The number of sulfonamides is 1. The van der Waals surface area contributed by atoms with E-state index in [1.54, 1.807) is 37.7 Å². The molecule has 0 aliphatic heterocycles. The third-order valence-corrected chi connectivity index (χ3v) is 8.49. The lowest BCUT2D eigenvalue weighted by molar-refractivity contribution is 0.233. The number of hydrogen-bond acceptors (Lipinski definition) is 7. The van der Waals surface area contributed by atoms with Crippen molar-refractivity contribution in [2.24, 2.45) is 7.05 Å². The lowest BCUT2D eigenvalue weighted by Gasteiger charge is -2.29. The van der Waals surface area contributed by atoms with Gasteiger partial charge in [0.1, 0.15) is 6.67 Å². The molecule has 1 aliphatic carbocycles. The van der Waals surface area contributed by atoms with Crippen LogP contribution in [-0.4, -0.2) is 49.4 Å². The highest BCUT2D eigenvalue weighted by atomic mass is 32.2. The SMILES string of the molecule is Cc1cc(Cn2c(=O)[nH]c3ccc(S(=O)(=O)N(Cc4cc(C)nn4C)C4(CF)CC4)cc3c2=O)on1. The summed E-state index contributed by atoms with van der Waals surface area (Å²) in [7, 11) is -2.52. The minimum absolute atomic E-state index is 0.00772. The van der Waals surface area contributed by atoms with Crippen LogP contribution >= 0.6 is 0 Å². The summed E-state index contributed by atoms with van der Waals surface area (Å²) in [6, 6.07) is 7.26. The number of halogens is 1. The summed E-state index contributed by atoms with van der Waals surface area (Å²) in [6.07, 6.45) is 0.785. The highest BCUT2D eigenvalue weighted by Gasteiger charge is 2.53. The van der Waals surface area contributed by atoms with Gasteiger partial charge in [-0.05, 0) is 51.0 Å². The van der Waals surface area contributed by atoms with Gasteiger partial charge in [-0.1, -0.05) is 5.16 Å². The van der Waals surface area contributed by atoms with E-state index in [-0.39, 0.29) is 28.9 Å². The van der Waals surface area contributed by atoms with Crippen molar-refractivity contribution in [1.29, 1.82) is 0 Å². The van der Waals surface area contributed by atoms with E-state index in [9.17, 15) is 22.4 Å². The van der Waals surface area contributed by atoms with Crippen molar-refractivity contribution < 1.29 is 17.3 Å². The van der Waals surface area contributed by atoms with E-state index < -0.39 is 33.5 Å². The summed E-state index contributed by atoms with van der Waals surface area (Å²) in [6.45, 7) is 2.44. The molecule has 3 aromatic heterocycles. The minimum atomic E-state index is -4.22. The van der Waals surface area contributed by atoms with Crippen LogP contribution < -0.4 is 11.2 Å². The van der Waals surface area contributed by atoms with E-state index in [1.807, 2.05) is 0 Å². The first kappa shape index (κ1) is 24.1. The second kappa shape index (κ2) is 8.52. The Morgan fingerprint density at radius 2 is 1.92 bits per heavy atom. The Hall–Kier alpha value is -3.58. The molecule has 0 unspecified atom stereocenters. The van der Waals surface area contributed by atoms with Crippen LogP contribution in [0, 0.1) is 13.8 Å². The molecule has 0 spiro atoms. The van der Waals surface area contributed by atoms with Gasteiger partial charge in [0.05, 0.1) is 51.5 Å². The van der Waals surface area contributed by atoms with E-state index in [0.717, 1.165) is 4.57 Å². The molecule has 4 aromatic rings. The van der Waals surface area contributed by atoms with Gasteiger partial charge in [0, 0.05) is 13.1 Å². The monoisotopic (exact) mass is 516 g/mol. The zero-order chi connectivity index (χ0) is 25.8. The first-order valence-corrected chi connectivity index (χ1v) is 12.8. The normalized spacial score (nSPS) is 15.1. The van der Waals surface area contributed by atoms with Crippen LogP contribution in [0.4, 0.5) is 4.39 Å². The van der Waals surface area contributed by atoms with Gasteiger partial charge in [-0.2, -0.15) is 9.40 Å². The second-order valence-corrected chi connectivity index (χ2v) is 11.1. The number of benzene rings is 1. The predicted molar refractivity (Wildman–Crippen MR) is 128 cm³/mol. The summed E-state index contributed by atoms with van der Waals surface area (Å²) in [4.78, 5) is 28.2.